The first-order valence-corrected chi connectivity index (χ1v) is 11.9. The van der Waals surface area contributed by atoms with Gasteiger partial charge in [-0.2, -0.15) is 0 Å². The van der Waals surface area contributed by atoms with Crippen molar-refractivity contribution in [3.8, 4) is 11.5 Å². The number of nitrogens with zero attached hydrogens (tertiary/aromatic N) is 2. The van der Waals surface area contributed by atoms with Crippen LogP contribution in [-0.4, -0.2) is 31.1 Å². The maximum absolute atomic E-state index is 14.3. The maximum Gasteiger partial charge on any atom is 0.162 e. The molecule has 3 nitrogen and oxygen atoms in total. The smallest absolute Gasteiger partial charge is 0.162 e. The van der Waals surface area contributed by atoms with Crippen LogP contribution in [0.1, 0.15) is 31.2 Å². The molecule has 34 heavy (non-hydrogen) atoms. The quantitative estimate of drug-likeness (QED) is 0.412. The molecule has 0 aromatic heterocycles. The molecule has 0 amide bonds. The summed E-state index contributed by atoms with van der Waals surface area (Å²) in [6, 6.07) is 18.5. The second-order valence-corrected chi connectivity index (χ2v) is 9.62. The van der Waals surface area contributed by atoms with Gasteiger partial charge in [0, 0.05) is 49.8 Å². The molecule has 0 bridgehead atoms. The molecule has 1 unspecified atom stereocenters. The number of benzene rings is 3. The predicted octanol–water partition coefficient (Wildman–Crippen LogP) is 6.78. The standard InChI is InChI=1S/C28H29F3N2O/c29-22-9-4-10-23(15-22)34-27-17-25(31)24(30)16-26(27)33-14-6-12-28(20-33)11-5-13-32(19-28)18-21-7-2-1-3-8-21/h1-4,7-10,15-17H,5-6,11-14,18-20H2. The van der Waals surface area contributed by atoms with Crippen LogP contribution < -0.4 is 9.64 Å². The summed E-state index contributed by atoms with van der Waals surface area (Å²) in [5.41, 5.74) is 1.91. The summed E-state index contributed by atoms with van der Waals surface area (Å²) in [6.45, 7) is 4.45. The third-order valence-corrected chi connectivity index (χ3v) is 7.02. The molecule has 5 rings (SSSR count). The van der Waals surface area contributed by atoms with Crippen LogP contribution in [0.15, 0.2) is 66.7 Å². The third-order valence-electron chi connectivity index (χ3n) is 7.02. The number of piperidine rings is 2. The highest BCUT2D eigenvalue weighted by molar-refractivity contribution is 5.60. The van der Waals surface area contributed by atoms with Crippen LogP contribution in [0.3, 0.4) is 0 Å². The fraction of sp³-hybridized carbons (Fsp3) is 0.357. The molecule has 2 heterocycles. The van der Waals surface area contributed by atoms with E-state index in [1.165, 1.54) is 29.8 Å². The molecular formula is C28H29F3N2O. The number of hydrogen-bond acceptors (Lipinski definition) is 3. The molecule has 0 saturated carbocycles. The Morgan fingerprint density at radius 3 is 2.35 bits per heavy atom. The molecule has 0 N–H and O–H groups in total. The summed E-state index contributed by atoms with van der Waals surface area (Å²) in [6.07, 6.45) is 4.31. The third kappa shape index (κ3) is 5.07. The Labute approximate surface area is 198 Å². The largest absolute Gasteiger partial charge is 0.455 e. The number of ether oxygens (including phenoxy) is 1. The normalized spacial score (nSPS) is 21.1. The summed E-state index contributed by atoms with van der Waals surface area (Å²) in [5, 5.41) is 0. The van der Waals surface area contributed by atoms with Crippen molar-refractivity contribution in [1.82, 2.24) is 4.90 Å². The van der Waals surface area contributed by atoms with Gasteiger partial charge in [-0.25, -0.2) is 13.2 Å². The van der Waals surface area contributed by atoms with Gasteiger partial charge in [0.1, 0.15) is 11.6 Å². The minimum atomic E-state index is -0.978. The monoisotopic (exact) mass is 466 g/mol. The zero-order valence-electron chi connectivity index (χ0n) is 19.2. The molecular weight excluding hydrogens is 437 g/mol. The molecule has 1 atom stereocenters. The molecule has 2 aliphatic heterocycles. The van der Waals surface area contributed by atoms with Gasteiger partial charge in [0.15, 0.2) is 17.4 Å². The van der Waals surface area contributed by atoms with Gasteiger partial charge in [-0.15, -0.1) is 0 Å². The predicted molar refractivity (Wildman–Crippen MR) is 128 cm³/mol. The van der Waals surface area contributed by atoms with Gasteiger partial charge in [-0.3, -0.25) is 4.90 Å². The van der Waals surface area contributed by atoms with Crippen LogP contribution in [0.25, 0.3) is 0 Å². The highest BCUT2D eigenvalue weighted by Crippen LogP contribution is 2.43. The average Bonchev–Trinajstić information content (AvgIpc) is 2.82. The van der Waals surface area contributed by atoms with Gasteiger partial charge >= 0.3 is 0 Å². The Kier molecular flexibility index (Phi) is 6.50. The van der Waals surface area contributed by atoms with Crippen molar-refractivity contribution in [2.24, 2.45) is 5.41 Å². The van der Waals surface area contributed by atoms with Crippen molar-refractivity contribution in [3.63, 3.8) is 0 Å². The summed E-state index contributed by atoms with van der Waals surface area (Å²) in [4.78, 5) is 4.63. The minimum absolute atomic E-state index is 0.0896. The SMILES string of the molecule is Fc1cccc(Oc2cc(F)c(F)cc2N2CCCC3(CCCN(Cc4ccccc4)C3)C2)c1. The lowest BCUT2D eigenvalue weighted by molar-refractivity contribution is 0.0683. The zero-order valence-corrected chi connectivity index (χ0v) is 19.2. The second kappa shape index (κ2) is 9.71. The highest BCUT2D eigenvalue weighted by Gasteiger charge is 2.40. The first kappa shape index (κ1) is 22.8. The van der Waals surface area contributed by atoms with E-state index in [0.29, 0.717) is 5.69 Å². The van der Waals surface area contributed by atoms with E-state index in [-0.39, 0.29) is 16.9 Å². The fourth-order valence-corrected chi connectivity index (χ4v) is 5.54. The molecule has 178 valence electrons. The molecule has 3 aromatic rings. The summed E-state index contributed by atoms with van der Waals surface area (Å²) in [7, 11) is 0. The zero-order chi connectivity index (χ0) is 23.5. The van der Waals surface area contributed by atoms with E-state index >= 15 is 0 Å². The van der Waals surface area contributed by atoms with E-state index in [9.17, 15) is 13.2 Å². The lowest BCUT2D eigenvalue weighted by Gasteiger charge is -2.49. The van der Waals surface area contributed by atoms with Gasteiger partial charge in [-0.05, 0) is 49.9 Å². The fourth-order valence-electron chi connectivity index (χ4n) is 5.54. The van der Waals surface area contributed by atoms with Crippen LogP contribution in [-0.2, 0) is 6.54 Å². The molecule has 2 saturated heterocycles. The van der Waals surface area contributed by atoms with Crippen LogP contribution in [0, 0.1) is 22.9 Å². The molecule has 0 radical (unpaired) electrons. The number of rotatable bonds is 5. The summed E-state index contributed by atoms with van der Waals surface area (Å²) >= 11 is 0. The topological polar surface area (TPSA) is 15.7 Å². The van der Waals surface area contributed by atoms with E-state index in [2.05, 4.69) is 34.1 Å². The number of likely N-dealkylation sites (tertiary alicyclic amines) is 1. The summed E-state index contributed by atoms with van der Waals surface area (Å²) < 4.78 is 48.0. The maximum atomic E-state index is 14.3. The Bertz CT molecular complexity index is 1140. The Hall–Kier alpha value is -2.99. The molecule has 3 aromatic carbocycles. The van der Waals surface area contributed by atoms with Crippen molar-refractivity contribution >= 4 is 5.69 Å². The minimum Gasteiger partial charge on any atom is -0.455 e. The van der Waals surface area contributed by atoms with Crippen molar-refractivity contribution in [3.05, 3.63) is 89.7 Å². The van der Waals surface area contributed by atoms with Crippen LogP contribution >= 0.6 is 0 Å². The number of anilines is 1. The molecule has 1 spiro atoms. The van der Waals surface area contributed by atoms with Crippen molar-refractivity contribution in [2.45, 2.75) is 32.2 Å². The first-order valence-electron chi connectivity index (χ1n) is 11.9. The van der Waals surface area contributed by atoms with E-state index in [1.807, 2.05) is 6.07 Å². The lowest BCUT2D eigenvalue weighted by Crippen LogP contribution is -2.52. The van der Waals surface area contributed by atoms with E-state index in [4.69, 9.17) is 4.74 Å². The van der Waals surface area contributed by atoms with Gasteiger partial charge in [0.05, 0.1) is 5.69 Å². The number of halogens is 3. The van der Waals surface area contributed by atoms with E-state index < -0.39 is 17.5 Å². The van der Waals surface area contributed by atoms with Crippen molar-refractivity contribution in [2.75, 3.05) is 31.1 Å². The molecule has 2 fully saturated rings. The molecule has 2 aliphatic rings. The van der Waals surface area contributed by atoms with Crippen LogP contribution in [0.5, 0.6) is 11.5 Å². The van der Waals surface area contributed by atoms with Gasteiger partial charge in [0.25, 0.3) is 0 Å². The average molecular weight is 467 g/mol. The van der Waals surface area contributed by atoms with Gasteiger partial charge in [-0.1, -0.05) is 36.4 Å². The van der Waals surface area contributed by atoms with Gasteiger partial charge in [0.2, 0.25) is 0 Å². The van der Waals surface area contributed by atoms with Crippen molar-refractivity contribution in [1.29, 1.82) is 0 Å². The van der Waals surface area contributed by atoms with Crippen molar-refractivity contribution < 1.29 is 17.9 Å². The Morgan fingerprint density at radius 2 is 1.56 bits per heavy atom. The highest BCUT2D eigenvalue weighted by atomic mass is 19.2. The van der Waals surface area contributed by atoms with Gasteiger partial charge < -0.3 is 9.64 Å². The van der Waals surface area contributed by atoms with E-state index in [1.54, 1.807) is 6.07 Å². The first-order chi connectivity index (χ1) is 16.5. The number of hydrogen-bond donors (Lipinski definition) is 0. The van der Waals surface area contributed by atoms with Crippen LogP contribution in [0.2, 0.25) is 0 Å². The lowest BCUT2D eigenvalue weighted by atomic mass is 9.73. The second-order valence-electron chi connectivity index (χ2n) is 9.62. The summed E-state index contributed by atoms with van der Waals surface area (Å²) in [5.74, 6) is -1.87. The molecule has 0 aliphatic carbocycles. The Morgan fingerprint density at radius 1 is 0.794 bits per heavy atom. The van der Waals surface area contributed by atoms with Crippen LogP contribution in [0.4, 0.5) is 18.9 Å². The Balaban J connectivity index is 1.38. The molecule has 6 heteroatoms. The van der Waals surface area contributed by atoms with E-state index in [0.717, 1.165) is 64.5 Å².